The van der Waals surface area contributed by atoms with Gasteiger partial charge >= 0.3 is 12.1 Å². The highest BCUT2D eigenvalue weighted by atomic mass is 19.4. The highest BCUT2D eigenvalue weighted by Gasteiger charge is 2.79. The number of halogens is 5. The Morgan fingerprint density at radius 1 is 1.00 bits per heavy atom. The number of allylic oxidation sites excluding steroid dienone is 1. The third kappa shape index (κ3) is 4.28. The Morgan fingerprint density at radius 3 is 2.38 bits per heavy atom. The number of carbonyl (C=O) groups is 1. The fourth-order valence-corrected chi connectivity index (χ4v) is 9.40. The quantitative estimate of drug-likeness (QED) is 0.449. The summed E-state index contributed by atoms with van der Waals surface area (Å²) in [6, 6.07) is 8.14. The van der Waals surface area contributed by atoms with Gasteiger partial charge in [-0.2, -0.15) is 22.0 Å². The molecule has 1 saturated heterocycles. The number of ketones is 1. The van der Waals surface area contributed by atoms with E-state index in [0.717, 1.165) is 49.4 Å². The van der Waals surface area contributed by atoms with E-state index in [1.807, 2.05) is 12.1 Å². The lowest BCUT2D eigenvalue weighted by molar-refractivity contribution is -0.364. The van der Waals surface area contributed by atoms with Crippen molar-refractivity contribution < 1.29 is 31.9 Å². The van der Waals surface area contributed by atoms with E-state index in [9.17, 15) is 23.1 Å². The summed E-state index contributed by atoms with van der Waals surface area (Å²) in [7, 11) is 0. The van der Waals surface area contributed by atoms with Crippen LogP contribution in [0.3, 0.4) is 0 Å². The van der Waals surface area contributed by atoms with Gasteiger partial charge in [-0.15, -0.1) is 0 Å². The van der Waals surface area contributed by atoms with Gasteiger partial charge in [0.2, 0.25) is 0 Å². The molecule has 0 amide bonds. The van der Waals surface area contributed by atoms with Crippen LogP contribution in [-0.2, 0) is 11.3 Å². The van der Waals surface area contributed by atoms with Crippen molar-refractivity contribution in [2.24, 2.45) is 29.1 Å². The molecule has 40 heavy (non-hydrogen) atoms. The molecule has 1 aromatic carbocycles. The molecular weight excluding hydrogens is 527 g/mol. The van der Waals surface area contributed by atoms with Crippen LogP contribution in [0.1, 0.15) is 68.9 Å². The number of nitrogens with zero attached hydrogens (tertiary/aromatic N) is 1. The van der Waals surface area contributed by atoms with Gasteiger partial charge in [0.15, 0.2) is 5.78 Å². The zero-order valence-corrected chi connectivity index (χ0v) is 23.0. The molecule has 5 aliphatic rings. The Morgan fingerprint density at radius 2 is 1.70 bits per heavy atom. The molecular formula is C31H39F5N2O2. The molecule has 0 radical (unpaired) electrons. The Labute approximate surface area is 232 Å². The standard InChI is InChI=1S/C31H39F5N2O2/c1-28-17-25(20-4-2-19(3-5-20)18-38-14-12-37-13-15-38)27-23-9-7-22(39)16-21(23)6-8-24(27)26(28)10-11-29(28,40)30(32,33)31(34,35)36/h2-5,16,23-27,37,40H,6-15,17-18H2,1H3/t23?,24?,25-,26?,27?,28+,29+/m1/s1. The van der Waals surface area contributed by atoms with Crippen molar-refractivity contribution in [2.45, 2.75) is 82.0 Å². The lowest BCUT2D eigenvalue weighted by Gasteiger charge is -2.59. The average molecular weight is 567 g/mol. The highest BCUT2D eigenvalue weighted by molar-refractivity contribution is 5.91. The zero-order chi connectivity index (χ0) is 28.5. The van der Waals surface area contributed by atoms with Crippen LogP contribution in [0.4, 0.5) is 22.0 Å². The largest absolute Gasteiger partial charge is 0.456 e. The van der Waals surface area contributed by atoms with Crippen LogP contribution in [0.15, 0.2) is 35.9 Å². The summed E-state index contributed by atoms with van der Waals surface area (Å²) in [4.78, 5) is 14.6. The molecule has 220 valence electrons. The van der Waals surface area contributed by atoms with Gasteiger partial charge < -0.3 is 10.4 Å². The molecule has 2 N–H and O–H groups in total. The first-order valence-corrected chi connectivity index (χ1v) is 14.8. The maximum absolute atomic E-state index is 15.1. The first-order chi connectivity index (χ1) is 18.9. The van der Waals surface area contributed by atoms with Crippen molar-refractivity contribution in [3.63, 3.8) is 0 Å². The van der Waals surface area contributed by atoms with Gasteiger partial charge in [0.1, 0.15) is 5.60 Å². The molecule has 0 bridgehead atoms. The van der Waals surface area contributed by atoms with E-state index < -0.39 is 35.5 Å². The normalized spacial score (nSPS) is 38.8. The summed E-state index contributed by atoms with van der Waals surface area (Å²) in [6.07, 6.45) is -1.98. The SMILES string of the molecule is C[C@]12C[C@H](c3ccc(CN4CCNCC4)cc3)C3C4CCC(=O)C=C4CCC3C1CC[C@@]2(O)C(F)(F)C(F)(F)F. The molecule has 7 atom stereocenters. The van der Waals surface area contributed by atoms with E-state index in [1.165, 1.54) is 6.92 Å². The average Bonchev–Trinajstić information content (AvgIpc) is 3.20. The second-order valence-electron chi connectivity index (χ2n) is 13.2. The Bertz CT molecular complexity index is 1160. The number of hydrogen-bond acceptors (Lipinski definition) is 4. The van der Waals surface area contributed by atoms with Crippen molar-refractivity contribution >= 4 is 5.78 Å². The van der Waals surface area contributed by atoms with Gasteiger partial charge in [-0.1, -0.05) is 36.8 Å². The Balaban J connectivity index is 1.38. The predicted octanol–water partition coefficient (Wildman–Crippen LogP) is 5.86. The lowest BCUT2D eigenvalue weighted by Crippen LogP contribution is -2.66. The third-order valence-corrected chi connectivity index (χ3v) is 11.4. The Hall–Kier alpha value is -1.84. The number of nitrogens with one attached hydrogen (secondary N) is 1. The smallest absolute Gasteiger partial charge is 0.383 e. The minimum atomic E-state index is -5.83. The van der Waals surface area contributed by atoms with Crippen LogP contribution in [0, 0.1) is 29.1 Å². The molecule has 4 aliphatic carbocycles. The van der Waals surface area contributed by atoms with Crippen LogP contribution in [-0.4, -0.2) is 59.7 Å². The van der Waals surface area contributed by atoms with Crippen LogP contribution in [0.25, 0.3) is 0 Å². The summed E-state index contributed by atoms with van der Waals surface area (Å²) in [5, 5.41) is 14.8. The zero-order valence-electron chi connectivity index (χ0n) is 23.0. The van der Waals surface area contributed by atoms with Gasteiger partial charge in [-0.05, 0) is 85.3 Å². The van der Waals surface area contributed by atoms with Gasteiger partial charge in [-0.3, -0.25) is 9.69 Å². The van der Waals surface area contributed by atoms with Crippen LogP contribution in [0.5, 0.6) is 0 Å². The van der Waals surface area contributed by atoms with Crippen molar-refractivity contribution in [2.75, 3.05) is 26.2 Å². The van der Waals surface area contributed by atoms with Crippen LogP contribution >= 0.6 is 0 Å². The second-order valence-corrected chi connectivity index (χ2v) is 13.2. The van der Waals surface area contributed by atoms with Crippen molar-refractivity contribution in [3.8, 4) is 0 Å². The molecule has 9 heteroatoms. The molecule has 1 aromatic rings. The number of rotatable bonds is 4. The van der Waals surface area contributed by atoms with Gasteiger partial charge in [0.05, 0.1) is 0 Å². The second kappa shape index (κ2) is 9.87. The summed E-state index contributed by atoms with van der Waals surface area (Å²) >= 11 is 0. The number of hydrogen-bond donors (Lipinski definition) is 2. The van der Waals surface area contributed by atoms with Gasteiger partial charge in [-0.25, -0.2) is 0 Å². The third-order valence-electron chi connectivity index (χ3n) is 11.4. The van der Waals surface area contributed by atoms with E-state index in [0.29, 0.717) is 25.7 Å². The maximum atomic E-state index is 15.1. The number of alkyl halides is 5. The first-order valence-electron chi connectivity index (χ1n) is 14.8. The molecule has 4 nitrogen and oxygen atoms in total. The van der Waals surface area contributed by atoms with E-state index >= 15 is 8.78 Å². The number of carbonyl (C=O) groups excluding carboxylic acids is 1. The first kappa shape index (κ1) is 28.3. The van der Waals surface area contributed by atoms with Crippen LogP contribution in [0.2, 0.25) is 0 Å². The number of aliphatic hydroxyl groups is 1. The summed E-state index contributed by atoms with van der Waals surface area (Å²) in [5.74, 6) is -5.73. The van der Waals surface area contributed by atoms with Crippen molar-refractivity contribution in [1.82, 2.24) is 10.2 Å². The van der Waals surface area contributed by atoms with E-state index in [4.69, 9.17) is 0 Å². The lowest BCUT2D eigenvalue weighted by atomic mass is 9.46. The Kier molecular flexibility index (Phi) is 6.98. The minimum Gasteiger partial charge on any atom is -0.383 e. The molecule has 1 heterocycles. The van der Waals surface area contributed by atoms with E-state index in [-0.39, 0.29) is 42.3 Å². The monoisotopic (exact) mass is 566 g/mol. The topological polar surface area (TPSA) is 52.6 Å². The van der Waals surface area contributed by atoms with Gasteiger partial charge in [0.25, 0.3) is 0 Å². The molecule has 6 rings (SSSR count). The molecule has 3 saturated carbocycles. The number of benzene rings is 1. The minimum absolute atomic E-state index is 0.0482. The fraction of sp³-hybridized carbons (Fsp3) is 0.710. The molecule has 4 unspecified atom stereocenters. The van der Waals surface area contributed by atoms with E-state index in [1.54, 1.807) is 6.08 Å². The van der Waals surface area contributed by atoms with E-state index in [2.05, 4.69) is 22.3 Å². The number of piperazine rings is 1. The summed E-state index contributed by atoms with van der Waals surface area (Å²) < 4.78 is 71.5. The fourth-order valence-electron chi connectivity index (χ4n) is 9.40. The molecule has 4 fully saturated rings. The summed E-state index contributed by atoms with van der Waals surface area (Å²) in [6.45, 7) is 6.07. The maximum Gasteiger partial charge on any atom is 0.456 e. The predicted molar refractivity (Wildman–Crippen MR) is 141 cm³/mol. The molecule has 1 aliphatic heterocycles. The highest BCUT2D eigenvalue weighted by Crippen LogP contribution is 2.71. The van der Waals surface area contributed by atoms with Crippen LogP contribution < -0.4 is 5.32 Å². The molecule has 0 spiro atoms. The van der Waals surface area contributed by atoms with Gasteiger partial charge in [0, 0.05) is 44.6 Å². The van der Waals surface area contributed by atoms with Crippen molar-refractivity contribution in [1.29, 1.82) is 0 Å². The summed E-state index contributed by atoms with van der Waals surface area (Å²) in [5.41, 5.74) is -1.58. The molecule has 0 aromatic heterocycles. The number of fused-ring (bicyclic) bond motifs is 5. The van der Waals surface area contributed by atoms with Crippen molar-refractivity contribution in [3.05, 3.63) is 47.0 Å².